The standard InChI is InChI=1S/C47H40N4O5S2/c52-47-42-20-18-31(57(53,54)50-25-21-48(22-26-50)45-38-13-5-1-9-33(38)34-10-2-6-14-39(34)45)29-43(42)37-19-17-32(30-44(37)47)58(55,56)51-27-23-49(24-28-51)46-40-15-7-3-11-35(40)36-12-4-8-16-41(36)46/h1-20,29-30,45-46H,21-28H2. The number of nitrogens with zero attached hydrogens (tertiary/aromatic N) is 4. The number of fused-ring (bicyclic) bond motifs is 9. The molecule has 11 heteroatoms. The molecular weight excluding hydrogens is 765 g/mol. The Bertz CT molecular complexity index is 2820. The van der Waals surface area contributed by atoms with Crippen LogP contribution >= 0.6 is 0 Å². The highest BCUT2D eigenvalue weighted by molar-refractivity contribution is 7.89. The Morgan fingerprint density at radius 2 is 0.707 bits per heavy atom. The molecule has 58 heavy (non-hydrogen) atoms. The highest BCUT2D eigenvalue weighted by Crippen LogP contribution is 2.48. The number of hydrogen-bond acceptors (Lipinski definition) is 7. The summed E-state index contributed by atoms with van der Waals surface area (Å²) in [6, 6.07) is 43.2. The zero-order valence-electron chi connectivity index (χ0n) is 31.7. The number of sulfonamides is 2. The van der Waals surface area contributed by atoms with Crippen LogP contribution in [0.25, 0.3) is 33.4 Å². The number of carbonyl (C=O) groups is 1. The number of rotatable bonds is 6. The summed E-state index contributed by atoms with van der Waals surface area (Å²) >= 11 is 0. The number of hydrogen-bond donors (Lipinski definition) is 0. The average Bonchev–Trinajstić information content (AvgIpc) is 3.89. The predicted octanol–water partition coefficient (Wildman–Crippen LogP) is 7.05. The second-order valence-corrected chi connectivity index (χ2v) is 19.7. The third kappa shape index (κ3) is 5.38. The highest BCUT2D eigenvalue weighted by atomic mass is 32.2. The number of benzene rings is 6. The summed E-state index contributed by atoms with van der Waals surface area (Å²) in [7, 11) is -7.78. The monoisotopic (exact) mass is 804 g/mol. The highest BCUT2D eigenvalue weighted by Gasteiger charge is 2.40. The lowest BCUT2D eigenvalue weighted by molar-refractivity contribution is 0.104. The fraction of sp³-hybridized carbons (Fsp3) is 0.213. The molecule has 0 amide bonds. The minimum atomic E-state index is -3.90. The quantitative estimate of drug-likeness (QED) is 0.178. The minimum Gasteiger partial charge on any atom is -0.290 e. The Morgan fingerprint density at radius 3 is 1.10 bits per heavy atom. The van der Waals surface area contributed by atoms with Gasteiger partial charge in [-0.15, -0.1) is 0 Å². The second-order valence-electron chi connectivity index (χ2n) is 15.8. The maximum Gasteiger partial charge on any atom is 0.243 e. The van der Waals surface area contributed by atoms with Gasteiger partial charge < -0.3 is 0 Å². The molecule has 2 aliphatic heterocycles. The summed E-state index contributed by atoms with van der Waals surface area (Å²) in [5.41, 5.74) is 11.6. The van der Waals surface area contributed by atoms with Crippen molar-refractivity contribution in [2.75, 3.05) is 52.4 Å². The molecule has 0 unspecified atom stereocenters. The van der Waals surface area contributed by atoms with E-state index in [-0.39, 0.29) is 33.2 Å². The van der Waals surface area contributed by atoms with Gasteiger partial charge in [0.2, 0.25) is 20.0 Å². The van der Waals surface area contributed by atoms with Crippen LogP contribution in [0.2, 0.25) is 0 Å². The Morgan fingerprint density at radius 1 is 0.362 bits per heavy atom. The van der Waals surface area contributed by atoms with Gasteiger partial charge in [0, 0.05) is 63.5 Å². The van der Waals surface area contributed by atoms with Gasteiger partial charge in [0.15, 0.2) is 5.78 Å². The summed E-state index contributed by atoms with van der Waals surface area (Å²) in [6.07, 6.45) is 0. The average molecular weight is 805 g/mol. The molecule has 0 radical (unpaired) electrons. The molecule has 9 nitrogen and oxygen atoms in total. The van der Waals surface area contributed by atoms with E-state index >= 15 is 0 Å². The minimum absolute atomic E-state index is 0.0654. The van der Waals surface area contributed by atoms with Crippen LogP contribution in [0.5, 0.6) is 0 Å². The van der Waals surface area contributed by atoms with Crippen molar-refractivity contribution in [3.63, 3.8) is 0 Å². The normalized spacial score (nSPS) is 18.7. The molecule has 290 valence electrons. The summed E-state index contributed by atoms with van der Waals surface area (Å²) < 4.78 is 59.5. The second kappa shape index (κ2) is 13.4. The third-order valence-electron chi connectivity index (χ3n) is 12.9. The molecular formula is C47H40N4O5S2. The zero-order valence-corrected chi connectivity index (χ0v) is 33.3. The van der Waals surface area contributed by atoms with Gasteiger partial charge in [-0.2, -0.15) is 8.61 Å². The van der Waals surface area contributed by atoms with Crippen molar-refractivity contribution in [3.05, 3.63) is 167 Å². The first-order valence-electron chi connectivity index (χ1n) is 19.9. The fourth-order valence-electron chi connectivity index (χ4n) is 10.1. The van der Waals surface area contributed by atoms with Crippen LogP contribution in [0, 0.1) is 0 Å². The van der Waals surface area contributed by atoms with Gasteiger partial charge in [-0.1, -0.05) is 103 Å². The smallest absolute Gasteiger partial charge is 0.243 e. The van der Waals surface area contributed by atoms with Gasteiger partial charge in [0.05, 0.1) is 21.9 Å². The molecule has 0 bridgehead atoms. The first-order chi connectivity index (χ1) is 28.2. The largest absolute Gasteiger partial charge is 0.290 e. The first kappa shape index (κ1) is 35.9. The van der Waals surface area contributed by atoms with E-state index in [1.807, 2.05) is 0 Å². The number of piperazine rings is 2. The van der Waals surface area contributed by atoms with Gasteiger partial charge in [0.1, 0.15) is 0 Å². The van der Waals surface area contributed by atoms with Crippen molar-refractivity contribution in [1.82, 2.24) is 18.4 Å². The molecule has 2 saturated heterocycles. The van der Waals surface area contributed by atoms with Gasteiger partial charge in [-0.25, -0.2) is 16.8 Å². The maximum atomic E-state index is 14.1. The molecule has 0 atom stereocenters. The van der Waals surface area contributed by atoms with Crippen LogP contribution in [0.4, 0.5) is 0 Å². The number of ketones is 1. The van der Waals surface area contributed by atoms with Crippen LogP contribution in [0.3, 0.4) is 0 Å². The van der Waals surface area contributed by atoms with Crippen LogP contribution in [0.1, 0.15) is 50.3 Å². The Labute approximate surface area is 338 Å². The topological polar surface area (TPSA) is 98.3 Å². The van der Waals surface area contributed by atoms with Crippen LogP contribution in [-0.4, -0.2) is 93.4 Å². The lowest BCUT2D eigenvalue weighted by Gasteiger charge is -2.38. The fourth-order valence-corrected chi connectivity index (χ4v) is 13.0. The van der Waals surface area contributed by atoms with Crippen molar-refractivity contribution >= 4 is 25.8 Å². The lowest BCUT2D eigenvalue weighted by atomic mass is 10.0. The van der Waals surface area contributed by atoms with E-state index in [0.717, 1.165) is 0 Å². The van der Waals surface area contributed by atoms with E-state index in [4.69, 9.17) is 0 Å². The van der Waals surface area contributed by atoms with Crippen LogP contribution in [0.15, 0.2) is 143 Å². The molecule has 5 aliphatic rings. The third-order valence-corrected chi connectivity index (χ3v) is 16.7. The van der Waals surface area contributed by atoms with E-state index in [9.17, 15) is 21.6 Å². The van der Waals surface area contributed by atoms with E-state index in [1.54, 1.807) is 24.3 Å². The molecule has 0 spiro atoms. The van der Waals surface area contributed by atoms with Crippen molar-refractivity contribution < 1.29 is 21.6 Å². The van der Waals surface area contributed by atoms with Gasteiger partial charge in [-0.3, -0.25) is 14.6 Å². The molecule has 2 fully saturated rings. The molecule has 3 aliphatic carbocycles. The van der Waals surface area contributed by atoms with Crippen LogP contribution < -0.4 is 0 Å². The molecule has 0 aromatic heterocycles. The van der Waals surface area contributed by atoms with Crippen molar-refractivity contribution in [1.29, 1.82) is 0 Å². The van der Waals surface area contributed by atoms with Crippen molar-refractivity contribution in [2.45, 2.75) is 21.9 Å². The lowest BCUT2D eigenvalue weighted by Crippen LogP contribution is -2.49. The van der Waals surface area contributed by atoms with E-state index in [1.165, 1.54) is 65.3 Å². The van der Waals surface area contributed by atoms with Crippen molar-refractivity contribution in [3.8, 4) is 33.4 Å². The van der Waals surface area contributed by atoms with Crippen molar-refractivity contribution in [2.24, 2.45) is 0 Å². The molecule has 11 rings (SSSR count). The maximum absolute atomic E-state index is 14.1. The van der Waals surface area contributed by atoms with E-state index < -0.39 is 20.0 Å². The molecule has 0 N–H and O–H groups in total. The van der Waals surface area contributed by atoms with Gasteiger partial charge in [-0.05, 0) is 86.0 Å². The summed E-state index contributed by atoms with van der Waals surface area (Å²) in [5, 5.41) is 0. The summed E-state index contributed by atoms with van der Waals surface area (Å²) in [6.45, 7) is 3.61. The molecule has 6 aromatic carbocycles. The summed E-state index contributed by atoms with van der Waals surface area (Å²) in [4.78, 5) is 18.7. The molecule has 6 aromatic rings. The Hall–Kier alpha value is -5.27. The van der Waals surface area contributed by atoms with Gasteiger partial charge >= 0.3 is 0 Å². The molecule has 0 saturated carbocycles. The summed E-state index contributed by atoms with van der Waals surface area (Å²) in [5.74, 6) is -0.305. The molecule has 2 heterocycles. The van der Waals surface area contributed by atoms with Gasteiger partial charge in [0.25, 0.3) is 0 Å². The SMILES string of the molecule is O=C1c2cc(S(=O)(=O)N3CCN(C4c5ccccc5-c5ccccc54)CC3)ccc2-c2cc(S(=O)(=O)N3CCN(C4c5ccccc5-c5ccccc54)CC3)ccc21. The van der Waals surface area contributed by atoms with Crippen LogP contribution in [-0.2, 0) is 20.0 Å². The first-order valence-corrected chi connectivity index (χ1v) is 22.8. The zero-order chi connectivity index (χ0) is 39.3. The Balaban J connectivity index is 0.801. The predicted molar refractivity (Wildman–Crippen MR) is 223 cm³/mol. The number of carbonyl (C=O) groups excluding carboxylic acids is 1. The van der Waals surface area contributed by atoms with E-state index in [0.29, 0.717) is 69.0 Å². The van der Waals surface area contributed by atoms with E-state index in [2.05, 4.69) is 107 Å². The Kier molecular flexibility index (Phi) is 8.28.